The number of hydrogen-bond donors (Lipinski definition) is 3. The highest BCUT2D eigenvalue weighted by molar-refractivity contribution is 7.81. The molecule has 6 nitrogen and oxygen atoms in total. The van der Waals surface area contributed by atoms with Crippen LogP contribution in [0.25, 0.3) is 0 Å². The van der Waals surface area contributed by atoms with E-state index in [1.54, 1.807) is 10.8 Å². The van der Waals surface area contributed by atoms with Gasteiger partial charge in [0.15, 0.2) is 11.6 Å². The predicted molar refractivity (Wildman–Crippen MR) is 122 cm³/mol. The molecule has 0 unspecified atom stereocenters. The molecular weight excluding hydrogens is 436 g/mol. The second-order valence-electron chi connectivity index (χ2n) is 9.06. The zero-order valence-corrected chi connectivity index (χ0v) is 19.8. The number of halogens is 2. The van der Waals surface area contributed by atoms with Crippen LogP contribution in [0.4, 0.5) is 8.78 Å². The van der Waals surface area contributed by atoms with Crippen molar-refractivity contribution in [2.45, 2.75) is 71.7 Å². The lowest BCUT2D eigenvalue weighted by Crippen LogP contribution is -2.34. The summed E-state index contributed by atoms with van der Waals surface area (Å²) in [7, 11) is 0. The average molecular weight is 468 g/mol. The molecule has 0 fully saturated rings. The highest BCUT2D eigenvalue weighted by atomic mass is 32.1. The Morgan fingerprint density at radius 1 is 1.25 bits per heavy atom. The fraction of sp³-hybridized carbons (Fsp3) is 0.522. The van der Waals surface area contributed by atoms with E-state index in [-0.39, 0.29) is 30.0 Å². The van der Waals surface area contributed by atoms with Gasteiger partial charge >= 0.3 is 5.97 Å². The maximum absolute atomic E-state index is 14.6. The van der Waals surface area contributed by atoms with Crippen molar-refractivity contribution in [3.63, 3.8) is 0 Å². The van der Waals surface area contributed by atoms with Crippen LogP contribution in [0.3, 0.4) is 0 Å². The van der Waals surface area contributed by atoms with E-state index in [0.717, 1.165) is 18.9 Å². The summed E-state index contributed by atoms with van der Waals surface area (Å²) in [5.74, 6) is -3.64. The molecule has 0 bridgehead atoms. The maximum Gasteiger partial charge on any atom is 0.338 e. The number of carboxylic acid groups (broad SMARTS) is 1. The number of aromatic nitrogens is 2. The largest absolute Gasteiger partial charge is 0.478 e. The minimum atomic E-state index is -1.53. The molecule has 0 spiro atoms. The number of aromatic carboxylic acids is 1. The van der Waals surface area contributed by atoms with Crippen LogP contribution in [0.1, 0.15) is 74.4 Å². The monoisotopic (exact) mass is 467 g/mol. The Kier molecular flexibility index (Phi) is 8.83. The first-order valence-electron chi connectivity index (χ1n) is 10.6. The molecule has 1 amide bonds. The molecule has 9 heteroatoms. The van der Waals surface area contributed by atoms with E-state index in [2.05, 4.69) is 22.9 Å². The summed E-state index contributed by atoms with van der Waals surface area (Å²) in [4.78, 5) is 27.9. The smallest absolute Gasteiger partial charge is 0.338 e. The Bertz CT molecular complexity index is 970. The molecule has 0 saturated carbocycles. The van der Waals surface area contributed by atoms with Gasteiger partial charge in [0.2, 0.25) is 5.91 Å². The van der Waals surface area contributed by atoms with Crippen LogP contribution in [-0.2, 0) is 24.3 Å². The van der Waals surface area contributed by atoms with Crippen molar-refractivity contribution in [3.8, 4) is 0 Å². The lowest BCUT2D eigenvalue weighted by Gasteiger charge is -2.22. The van der Waals surface area contributed by atoms with Gasteiger partial charge < -0.3 is 15.0 Å². The molecule has 1 atom stereocenters. The van der Waals surface area contributed by atoms with Gasteiger partial charge in [-0.15, -0.1) is 0 Å². The highest BCUT2D eigenvalue weighted by Gasteiger charge is 2.23. The quantitative estimate of drug-likeness (QED) is 0.446. The molecule has 1 aromatic heterocycles. The topological polar surface area (TPSA) is 84.2 Å². The summed E-state index contributed by atoms with van der Waals surface area (Å²) in [6.45, 7) is 8.26. The predicted octanol–water partition coefficient (Wildman–Crippen LogP) is 4.60. The van der Waals surface area contributed by atoms with E-state index >= 15 is 0 Å². The first-order chi connectivity index (χ1) is 14.9. The van der Waals surface area contributed by atoms with E-state index in [0.29, 0.717) is 24.4 Å². The molecule has 2 N–H and O–H groups in total. The Hall–Kier alpha value is -2.42. The second-order valence-corrected chi connectivity index (χ2v) is 9.68. The number of aryl methyl sites for hydroxylation is 1. The second kappa shape index (κ2) is 10.9. The molecule has 0 radical (unpaired) electrons. The number of carbonyl (C=O) groups excluding carboxylic acids is 1. The lowest BCUT2D eigenvalue weighted by atomic mass is 9.90. The van der Waals surface area contributed by atoms with Crippen LogP contribution >= 0.6 is 12.6 Å². The van der Waals surface area contributed by atoms with Crippen molar-refractivity contribution in [1.82, 2.24) is 14.9 Å². The van der Waals surface area contributed by atoms with E-state index in [1.807, 2.05) is 27.7 Å². The van der Waals surface area contributed by atoms with Gasteiger partial charge in [0.05, 0.1) is 35.8 Å². The van der Waals surface area contributed by atoms with Gasteiger partial charge in [-0.3, -0.25) is 4.79 Å². The van der Waals surface area contributed by atoms with Gasteiger partial charge in [0.1, 0.15) is 5.82 Å². The number of carbonyl (C=O) groups is 2. The van der Waals surface area contributed by atoms with Gasteiger partial charge in [-0.05, 0) is 24.3 Å². The van der Waals surface area contributed by atoms with Crippen molar-refractivity contribution in [2.75, 3.05) is 0 Å². The number of benzene rings is 1. The number of nitrogens with zero attached hydrogens (tertiary/aromatic N) is 2. The number of imidazole rings is 1. The van der Waals surface area contributed by atoms with Crippen molar-refractivity contribution in [3.05, 3.63) is 52.6 Å². The van der Waals surface area contributed by atoms with Crippen LogP contribution in [-0.4, -0.2) is 31.8 Å². The summed E-state index contributed by atoms with van der Waals surface area (Å²) in [5, 5.41) is 11.4. The van der Waals surface area contributed by atoms with Crippen LogP contribution in [0.2, 0.25) is 0 Å². The Balaban J connectivity index is 2.26. The lowest BCUT2D eigenvalue weighted by molar-refractivity contribution is -0.121. The summed E-state index contributed by atoms with van der Waals surface area (Å²) < 4.78 is 30.5. The van der Waals surface area contributed by atoms with Crippen LogP contribution in [0.5, 0.6) is 0 Å². The van der Waals surface area contributed by atoms with Gasteiger partial charge in [0, 0.05) is 12.0 Å². The summed E-state index contributed by atoms with van der Waals surface area (Å²) >= 11 is 4.40. The SMILES string of the molecule is CCCCc1ncc(CNC(=O)[C@H](S)CC(C)(C)C)n1Cc1ccc(C(=O)O)c(F)c1F. The molecular formula is C23H31F2N3O3S. The standard InChI is InChI=1S/C23H31F2N3O3S/c1-5-6-7-18-26-11-15(12-27-21(29)17(32)10-23(2,3)4)28(18)13-14-8-9-16(22(30)31)20(25)19(14)24/h8-9,11,17,32H,5-7,10,12-13H2,1-4H3,(H,27,29)(H,30,31)/t17-/m1/s1. The summed E-state index contributed by atoms with van der Waals surface area (Å²) in [6, 6.07) is 2.32. The van der Waals surface area contributed by atoms with E-state index in [9.17, 15) is 18.4 Å². The fourth-order valence-corrected chi connectivity index (χ4v) is 3.98. The first kappa shape index (κ1) is 25.8. The maximum atomic E-state index is 14.6. The zero-order valence-electron chi connectivity index (χ0n) is 18.9. The third-order valence-electron chi connectivity index (χ3n) is 5.05. The first-order valence-corrected chi connectivity index (χ1v) is 11.2. The Morgan fingerprint density at radius 3 is 2.53 bits per heavy atom. The number of hydrogen-bond acceptors (Lipinski definition) is 4. The van der Waals surface area contributed by atoms with E-state index < -0.39 is 28.4 Å². The van der Waals surface area contributed by atoms with Crippen molar-refractivity contribution >= 4 is 24.5 Å². The molecule has 0 aliphatic carbocycles. The van der Waals surface area contributed by atoms with Crippen LogP contribution < -0.4 is 5.32 Å². The molecule has 176 valence electrons. The number of unbranched alkanes of at least 4 members (excludes halogenated alkanes) is 1. The van der Waals surface area contributed by atoms with E-state index in [4.69, 9.17) is 5.11 Å². The molecule has 0 aliphatic rings. The Morgan fingerprint density at radius 2 is 1.94 bits per heavy atom. The van der Waals surface area contributed by atoms with Crippen molar-refractivity contribution < 1.29 is 23.5 Å². The third kappa shape index (κ3) is 6.79. The number of carboxylic acids is 1. The molecule has 2 rings (SSSR count). The summed E-state index contributed by atoms with van der Waals surface area (Å²) in [5.41, 5.74) is -0.115. The average Bonchev–Trinajstić information content (AvgIpc) is 3.07. The van der Waals surface area contributed by atoms with Gasteiger partial charge in [-0.1, -0.05) is 40.2 Å². The molecule has 2 aromatic rings. The van der Waals surface area contributed by atoms with Crippen molar-refractivity contribution in [1.29, 1.82) is 0 Å². The van der Waals surface area contributed by atoms with Crippen LogP contribution in [0.15, 0.2) is 18.3 Å². The molecule has 32 heavy (non-hydrogen) atoms. The number of rotatable bonds is 10. The number of amides is 1. The zero-order chi connectivity index (χ0) is 24.1. The minimum absolute atomic E-state index is 0.00984. The van der Waals surface area contributed by atoms with E-state index in [1.165, 1.54) is 6.07 Å². The molecule has 0 aliphatic heterocycles. The van der Waals surface area contributed by atoms with Gasteiger partial charge in [-0.2, -0.15) is 12.6 Å². The van der Waals surface area contributed by atoms with Crippen LogP contribution in [0, 0.1) is 17.0 Å². The third-order valence-corrected chi connectivity index (χ3v) is 5.47. The number of thiol groups is 1. The fourth-order valence-electron chi connectivity index (χ4n) is 3.34. The molecule has 0 saturated heterocycles. The van der Waals surface area contributed by atoms with Gasteiger partial charge in [0.25, 0.3) is 0 Å². The van der Waals surface area contributed by atoms with Crippen molar-refractivity contribution in [2.24, 2.45) is 5.41 Å². The Labute approximate surface area is 192 Å². The normalized spacial score (nSPS) is 12.6. The summed E-state index contributed by atoms with van der Waals surface area (Å²) in [6.07, 6.45) is 4.65. The van der Waals surface area contributed by atoms with Gasteiger partial charge in [-0.25, -0.2) is 18.6 Å². The number of nitrogens with one attached hydrogen (secondary N) is 1. The molecule has 1 aromatic carbocycles. The minimum Gasteiger partial charge on any atom is -0.478 e. The molecule has 1 heterocycles. The highest BCUT2D eigenvalue weighted by Crippen LogP contribution is 2.24.